The van der Waals surface area contributed by atoms with Crippen molar-refractivity contribution in [2.24, 2.45) is 0 Å². The van der Waals surface area contributed by atoms with Crippen molar-refractivity contribution in [3.8, 4) is 45.6 Å². The number of nitrogens with zero attached hydrogens (tertiary/aromatic N) is 8. The van der Waals surface area contributed by atoms with Crippen molar-refractivity contribution < 1.29 is 19.5 Å². The Morgan fingerprint density at radius 2 is 0.942 bits per heavy atom. The van der Waals surface area contributed by atoms with Gasteiger partial charge in [-0.25, -0.2) is 9.97 Å². The number of hydrogen-bond donors (Lipinski definition) is 1. The zero-order valence-corrected chi connectivity index (χ0v) is 31.6. The van der Waals surface area contributed by atoms with E-state index in [9.17, 15) is 0 Å². The van der Waals surface area contributed by atoms with Crippen molar-refractivity contribution >= 4 is 60.6 Å². The third kappa shape index (κ3) is 5.33. The summed E-state index contributed by atoms with van der Waals surface area (Å²) >= 11 is 0. The molecule has 0 aliphatic carbocycles. The Kier molecular flexibility index (Phi) is 8.04. The van der Waals surface area contributed by atoms with Crippen molar-refractivity contribution in [3.63, 3.8) is 0 Å². The van der Waals surface area contributed by atoms with E-state index in [0.29, 0.717) is 45.9 Å². The van der Waals surface area contributed by atoms with E-state index in [2.05, 4.69) is 42.6 Å². The first-order valence-corrected chi connectivity index (χ1v) is 17.5. The predicted molar refractivity (Wildman–Crippen MR) is 204 cm³/mol. The second-order valence-electron chi connectivity index (χ2n) is 13.0. The largest absolute Gasteiger partial charge is 2.00 e. The van der Waals surface area contributed by atoms with Crippen LogP contribution in [0.4, 0.5) is 5.69 Å². The summed E-state index contributed by atoms with van der Waals surface area (Å²) in [6.07, 6.45) is 4.81. The van der Waals surface area contributed by atoms with Crippen LogP contribution in [-0.2, 0) is 19.5 Å². The first kappa shape index (κ1) is 32.1. The maximum Gasteiger partial charge on any atom is 2.00 e. The van der Waals surface area contributed by atoms with Crippen LogP contribution in [0.5, 0.6) is 0 Å². The summed E-state index contributed by atoms with van der Waals surface area (Å²) in [6.45, 7) is 3.16. The number of hydrogen-bond acceptors (Lipinski definition) is 7. The van der Waals surface area contributed by atoms with E-state index in [0.717, 1.165) is 73.2 Å². The number of rotatable bonds is 6. The molecule has 52 heavy (non-hydrogen) atoms. The second kappa shape index (κ2) is 13.0. The average Bonchev–Trinajstić information content (AvgIpc) is 3.89. The Hall–Kier alpha value is -5.86. The molecule has 246 valence electrons. The molecule has 10 heteroatoms. The maximum absolute atomic E-state index is 5.16. The molecule has 2 aliphatic heterocycles. The Bertz CT molecular complexity index is 2860. The van der Waals surface area contributed by atoms with Gasteiger partial charge in [0, 0.05) is 62.5 Å². The summed E-state index contributed by atoms with van der Waals surface area (Å²) in [5.74, 6) is 2.19. The van der Waals surface area contributed by atoms with Gasteiger partial charge in [-0.2, -0.15) is 0 Å². The van der Waals surface area contributed by atoms with Crippen LogP contribution >= 0.6 is 0 Å². The summed E-state index contributed by atoms with van der Waals surface area (Å²) in [5, 5.41) is 9.47. The SMILES string of the molecule is CCCCCCNc1cccc2cc3c4nc5nc(nc6[n-]c(nc7nc(nc([n-]4)c3cc12)-c1ccccc1-7)c1ccccc61)-c1ccccc1-5.[Zn+2]. The van der Waals surface area contributed by atoms with Crippen molar-refractivity contribution in [2.75, 3.05) is 11.9 Å². The fourth-order valence-corrected chi connectivity index (χ4v) is 7.21. The number of nitrogens with one attached hydrogen (secondary N) is 1. The molecular formula is C42H31N9Zn. The normalized spacial score (nSPS) is 11.8. The molecule has 0 spiro atoms. The Morgan fingerprint density at radius 1 is 0.462 bits per heavy atom. The molecule has 5 heterocycles. The Labute approximate surface area is 311 Å². The Morgan fingerprint density at radius 3 is 1.46 bits per heavy atom. The van der Waals surface area contributed by atoms with Crippen LogP contribution in [0, 0.1) is 0 Å². The van der Waals surface area contributed by atoms with Gasteiger partial charge in [0.15, 0.2) is 0 Å². The topological polar surface area (TPSA) is 118 Å². The number of benzene rings is 5. The van der Waals surface area contributed by atoms with Gasteiger partial charge in [0.2, 0.25) is 0 Å². The van der Waals surface area contributed by atoms with Crippen LogP contribution in [0.1, 0.15) is 32.6 Å². The fourth-order valence-electron chi connectivity index (χ4n) is 7.21. The minimum atomic E-state index is 0. The molecule has 1 N–H and O–H groups in total. The van der Waals surface area contributed by atoms with Gasteiger partial charge >= 0.3 is 19.5 Å². The van der Waals surface area contributed by atoms with Crippen LogP contribution in [0.2, 0.25) is 0 Å². The fraction of sp³-hybridized carbons (Fsp3) is 0.143. The molecule has 5 aromatic carbocycles. The first-order valence-electron chi connectivity index (χ1n) is 17.5. The van der Waals surface area contributed by atoms with Gasteiger partial charge in [-0.3, -0.25) is 0 Å². The zero-order chi connectivity index (χ0) is 33.9. The van der Waals surface area contributed by atoms with Gasteiger partial charge in [0.1, 0.15) is 0 Å². The average molecular weight is 727 g/mol. The van der Waals surface area contributed by atoms with E-state index >= 15 is 0 Å². The van der Waals surface area contributed by atoms with Crippen LogP contribution in [0.15, 0.2) is 103 Å². The van der Waals surface area contributed by atoms with Gasteiger partial charge in [-0.15, -0.1) is 0 Å². The number of aromatic nitrogens is 8. The van der Waals surface area contributed by atoms with Gasteiger partial charge in [-0.05, 0) is 51.6 Å². The van der Waals surface area contributed by atoms with Crippen molar-refractivity contribution in [1.29, 1.82) is 0 Å². The van der Waals surface area contributed by atoms with Crippen LogP contribution in [0.3, 0.4) is 0 Å². The number of fused-ring (bicyclic) bond motifs is 21. The predicted octanol–water partition coefficient (Wildman–Crippen LogP) is 9.27. The van der Waals surface area contributed by atoms with Gasteiger partial charge in [0.25, 0.3) is 0 Å². The summed E-state index contributed by atoms with van der Waals surface area (Å²) < 4.78 is 0. The van der Waals surface area contributed by atoms with Crippen LogP contribution in [-0.4, -0.2) is 36.4 Å². The minimum Gasteiger partial charge on any atom is -0.385 e. The number of unbranched alkanes of at least 4 members (excludes halogenated alkanes) is 3. The molecule has 0 fully saturated rings. The van der Waals surface area contributed by atoms with E-state index in [-0.39, 0.29) is 19.5 Å². The van der Waals surface area contributed by atoms with E-state index in [4.69, 9.17) is 39.9 Å². The molecular weight excluding hydrogens is 696 g/mol. The van der Waals surface area contributed by atoms with Crippen molar-refractivity contribution in [3.05, 3.63) is 103 Å². The van der Waals surface area contributed by atoms with Crippen LogP contribution < -0.4 is 15.3 Å². The van der Waals surface area contributed by atoms with E-state index < -0.39 is 0 Å². The molecule has 0 saturated carbocycles. The molecule has 0 atom stereocenters. The van der Waals surface area contributed by atoms with Gasteiger partial charge in [-0.1, -0.05) is 111 Å². The molecule has 0 unspecified atom stereocenters. The van der Waals surface area contributed by atoms with E-state index in [1.54, 1.807) is 0 Å². The van der Waals surface area contributed by atoms with Crippen molar-refractivity contribution in [2.45, 2.75) is 32.6 Å². The van der Waals surface area contributed by atoms with E-state index in [1.165, 1.54) is 19.3 Å². The third-order valence-corrected chi connectivity index (χ3v) is 9.77. The molecule has 0 radical (unpaired) electrons. The van der Waals surface area contributed by atoms with E-state index in [1.807, 2.05) is 72.8 Å². The Balaban J connectivity index is 0.00000360. The molecule has 9 nitrogen and oxygen atoms in total. The van der Waals surface area contributed by atoms with Gasteiger partial charge in [0.05, 0.1) is 23.3 Å². The second-order valence-corrected chi connectivity index (χ2v) is 13.0. The molecule has 0 saturated heterocycles. The summed E-state index contributed by atoms with van der Waals surface area (Å²) in [5.41, 5.74) is 6.84. The monoisotopic (exact) mass is 725 g/mol. The summed E-state index contributed by atoms with van der Waals surface area (Å²) in [6, 6.07) is 34.8. The summed E-state index contributed by atoms with van der Waals surface area (Å²) in [7, 11) is 0. The standard InChI is InChI=1S/C42H31N9.Zn/c1-2-3-4-11-21-43-34-20-12-13-24-22-32-33(23-31(24)34)42-50-40-30-19-10-8-17-28(30)38(48-40)46-36-26-15-6-5-14-25(26)35(44-36)45-37-27-16-7-9-18-29(27)39(47-37)49-41(32)51-42;/h5-10,12-20,22-23,43H,2-4,11,21H2,1H3;/q-2;+2. The number of anilines is 1. The molecule has 2 aliphatic rings. The molecule has 8 aromatic rings. The minimum absolute atomic E-state index is 0. The first-order chi connectivity index (χ1) is 25.2. The summed E-state index contributed by atoms with van der Waals surface area (Å²) in [4.78, 5) is 40.4. The molecule has 10 rings (SSSR count). The molecule has 0 amide bonds. The maximum atomic E-state index is 5.16. The van der Waals surface area contributed by atoms with Gasteiger partial charge < -0.3 is 35.2 Å². The van der Waals surface area contributed by atoms with Crippen molar-refractivity contribution in [1.82, 2.24) is 39.9 Å². The quantitative estimate of drug-likeness (QED) is 0.132. The zero-order valence-electron chi connectivity index (χ0n) is 28.6. The molecule has 3 aromatic heterocycles. The molecule has 8 bridgehead atoms. The smallest absolute Gasteiger partial charge is 0.385 e. The van der Waals surface area contributed by atoms with Crippen LogP contribution in [0.25, 0.3) is 100 Å². The third-order valence-electron chi connectivity index (χ3n) is 9.77.